The fraction of sp³-hybridized carbons (Fsp3) is 0.105. The van der Waals surface area contributed by atoms with E-state index in [-0.39, 0.29) is 11.9 Å². The van der Waals surface area contributed by atoms with Crippen LogP contribution in [-0.2, 0) is 0 Å². The van der Waals surface area contributed by atoms with Crippen molar-refractivity contribution in [3.8, 4) is 0 Å². The van der Waals surface area contributed by atoms with E-state index in [4.69, 9.17) is 9.52 Å². The maximum atomic E-state index is 13.2. The molecule has 0 N–H and O–H groups in total. The first-order valence-electron chi connectivity index (χ1n) is 7.52. The van der Waals surface area contributed by atoms with Gasteiger partial charge < -0.3 is 4.42 Å². The lowest BCUT2D eigenvalue weighted by atomic mass is 10.0. The van der Waals surface area contributed by atoms with Crippen molar-refractivity contribution in [3.05, 3.63) is 90.1 Å². The monoisotopic (exact) mass is 306 g/mol. The van der Waals surface area contributed by atoms with Crippen LogP contribution in [0, 0.1) is 5.82 Å². The first kappa shape index (κ1) is 13.8. The Balaban J connectivity index is 1.74. The molecule has 0 spiro atoms. The molecule has 1 atom stereocenters. The van der Waals surface area contributed by atoms with Gasteiger partial charge in [-0.25, -0.2) is 4.39 Å². The highest BCUT2D eigenvalue weighted by Crippen LogP contribution is 2.36. The quantitative estimate of drug-likeness (QED) is 0.697. The number of nitrogens with zero attached hydrogens (tertiary/aromatic N) is 2. The summed E-state index contributed by atoms with van der Waals surface area (Å²) < 4.78 is 18.7. The summed E-state index contributed by atoms with van der Waals surface area (Å²) in [7, 11) is 0. The molecule has 2 aromatic carbocycles. The van der Waals surface area contributed by atoms with E-state index in [1.165, 1.54) is 12.1 Å². The number of hydrazone groups is 1. The molecule has 1 aromatic heterocycles. The largest absolute Gasteiger partial charge is 0.463 e. The van der Waals surface area contributed by atoms with Crippen LogP contribution in [-0.4, -0.2) is 5.71 Å². The third kappa shape index (κ3) is 2.63. The van der Waals surface area contributed by atoms with Crippen LogP contribution in [0.1, 0.15) is 23.8 Å². The van der Waals surface area contributed by atoms with Crippen molar-refractivity contribution in [2.45, 2.75) is 12.5 Å². The highest BCUT2D eigenvalue weighted by atomic mass is 19.1. The molecule has 114 valence electrons. The van der Waals surface area contributed by atoms with Crippen LogP contribution in [0.2, 0.25) is 0 Å². The maximum Gasteiger partial charge on any atom is 0.149 e. The molecule has 4 rings (SSSR count). The summed E-state index contributed by atoms with van der Waals surface area (Å²) in [5.74, 6) is 0.542. The van der Waals surface area contributed by atoms with Crippen molar-refractivity contribution in [3.63, 3.8) is 0 Å². The second kappa shape index (κ2) is 5.72. The molecule has 4 heteroatoms. The van der Waals surface area contributed by atoms with E-state index in [1.807, 2.05) is 59.6 Å². The second-order valence-electron chi connectivity index (χ2n) is 5.48. The summed E-state index contributed by atoms with van der Waals surface area (Å²) >= 11 is 0. The molecule has 2 heterocycles. The summed E-state index contributed by atoms with van der Waals surface area (Å²) in [5, 5.41) is 6.72. The topological polar surface area (TPSA) is 28.7 Å². The van der Waals surface area contributed by atoms with E-state index in [2.05, 4.69) is 0 Å². The van der Waals surface area contributed by atoms with E-state index >= 15 is 0 Å². The van der Waals surface area contributed by atoms with Gasteiger partial charge in [0.05, 0.1) is 18.0 Å². The number of rotatable bonds is 3. The molecule has 0 bridgehead atoms. The van der Waals surface area contributed by atoms with E-state index in [1.54, 1.807) is 6.26 Å². The molecule has 0 radical (unpaired) electrons. The summed E-state index contributed by atoms with van der Waals surface area (Å²) in [6.45, 7) is 0. The fourth-order valence-electron chi connectivity index (χ4n) is 2.87. The molecule has 0 fully saturated rings. The standard InChI is InChI=1S/C19H15FN2O/c20-15-10-8-14(9-11-15)18-13-17(19-7-4-12-23-19)21-22(18)16-5-2-1-3-6-16/h1-12,18H,13H2/t18-/m1/s1. The zero-order chi connectivity index (χ0) is 15.6. The normalized spacial score (nSPS) is 17.3. The van der Waals surface area contributed by atoms with Gasteiger partial charge >= 0.3 is 0 Å². The molecule has 1 aliphatic heterocycles. The van der Waals surface area contributed by atoms with Crippen molar-refractivity contribution >= 4 is 11.4 Å². The summed E-state index contributed by atoms with van der Waals surface area (Å²) in [6, 6.07) is 20.4. The molecule has 0 aliphatic carbocycles. The molecule has 3 aromatic rings. The van der Waals surface area contributed by atoms with E-state index in [0.717, 1.165) is 22.7 Å². The Morgan fingerprint density at radius 3 is 2.43 bits per heavy atom. The van der Waals surface area contributed by atoms with Gasteiger partial charge in [-0.3, -0.25) is 5.01 Å². The molecular formula is C19H15FN2O. The lowest BCUT2D eigenvalue weighted by molar-refractivity contribution is 0.556. The highest BCUT2D eigenvalue weighted by Gasteiger charge is 2.30. The number of hydrogen-bond acceptors (Lipinski definition) is 3. The number of para-hydroxylation sites is 1. The van der Waals surface area contributed by atoms with Crippen molar-refractivity contribution < 1.29 is 8.81 Å². The number of hydrogen-bond donors (Lipinski definition) is 0. The van der Waals surface area contributed by atoms with Crippen LogP contribution in [0.4, 0.5) is 10.1 Å². The average molecular weight is 306 g/mol. The van der Waals surface area contributed by atoms with Crippen molar-refractivity contribution in [1.82, 2.24) is 0 Å². The highest BCUT2D eigenvalue weighted by molar-refractivity contribution is 6.01. The first-order valence-corrected chi connectivity index (χ1v) is 7.52. The van der Waals surface area contributed by atoms with Gasteiger partial charge in [-0.1, -0.05) is 30.3 Å². The zero-order valence-electron chi connectivity index (χ0n) is 12.4. The molecular weight excluding hydrogens is 291 g/mol. The Morgan fingerprint density at radius 2 is 1.74 bits per heavy atom. The van der Waals surface area contributed by atoms with Crippen LogP contribution < -0.4 is 5.01 Å². The van der Waals surface area contributed by atoms with E-state index in [0.29, 0.717) is 6.42 Å². The Hall–Kier alpha value is -2.88. The predicted octanol–water partition coefficient (Wildman–Crippen LogP) is 4.77. The third-order valence-corrected chi connectivity index (χ3v) is 3.99. The number of halogens is 1. The van der Waals surface area contributed by atoms with Crippen LogP contribution >= 0.6 is 0 Å². The number of benzene rings is 2. The second-order valence-corrected chi connectivity index (χ2v) is 5.48. The smallest absolute Gasteiger partial charge is 0.149 e. The molecule has 0 amide bonds. The van der Waals surface area contributed by atoms with Crippen molar-refractivity contribution in [2.24, 2.45) is 5.10 Å². The summed E-state index contributed by atoms with van der Waals surface area (Å²) in [4.78, 5) is 0. The summed E-state index contributed by atoms with van der Waals surface area (Å²) in [6.07, 6.45) is 2.37. The van der Waals surface area contributed by atoms with Crippen LogP contribution in [0.15, 0.2) is 82.5 Å². The predicted molar refractivity (Wildman–Crippen MR) is 87.9 cm³/mol. The Kier molecular flexibility index (Phi) is 3.42. The van der Waals surface area contributed by atoms with Crippen LogP contribution in [0.5, 0.6) is 0 Å². The van der Waals surface area contributed by atoms with Gasteiger partial charge in [0.2, 0.25) is 0 Å². The molecule has 0 saturated heterocycles. The van der Waals surface area contributed by atoms with Gasteiger partial charge in [0.1, 0.15) is 17.3 Å². The average Bonchev–Trinajstić information content (AvgIpc) is 3.26. The Morgan fingerprint density at radius 1 is 0.957 bits per heavy atom. The minimum absolute atomic E-state index is 0.0260. The Labute approximate surface area is 133 Å². The van der Waals surface area contributed by atoms with Crippen LogP contribution in [0.3, 0.4) is 0 Å². The lowest BCUT2D eigenvalue weighted by Crippen LogP contribution is -2.18. The Bertz CT molecular complexity index is 810. The molecule has 3 nitrogen and oxygen atoms in total. The van der Waals surface area contributed by atoms with Gasteiger partial charge in [-0.15, -0.1) is 0 Å². The SMILES string of the molecule is Fc1ccc([C@H]2CC(c3ccco3)=NN2c2ccccc2)cc1. The van der Waals surface area contributed by atoms with Gasteiger partial charge in [-0.05, 0) is 42.0 Å². The first-order chi connectivity index (χ1) is 11.3. The van der Waals surface area contributed by atoms with Gasteiger partial charge in [0, 0.05) is 6.42 Å². The minimum Gasteiger partial charge on any atom is -0.463 e. The van der Waals surface area contributed by atoms with Crippen LogP contribution in [0.25, 0.3) is 0 Å². The molecule has 0 saturated carbocycles. The van der Waals surface area contributed by atoms with E-state index in [9.17, 15) is 4.39 Å². The molecule has 1 aliphatic rings. The fourth-order valence-corrected chi connectivity index (χ4v) is 2.87. The van der Waals surface area contributed by atoms with Gasteiger partial charge in [0.15, 0.2) is 0 Å². The molecule has 23 heavy (non-hydrogen) atoms. The summed E-state index contributed by atoms with van der Waals surface area (Å²) in [5.41, 5.74) is 2.93. The number of anilines is 1. The van der Waals surface area contributed by atoms with Gasteiger partial charge in [-0.2, -0.15) is 5.10 Å². The van der Waals surface area contributed by atoms with E-state index < -0.39 is 0 Å². The van der Waals surface area contributed by atoms with Crippen molar-refractivity contribution in [1.29, 1.82) is 0 Å². The number of furan rings is 1. The lowest BCUT2D eigenvalue weighted by Gasteiger charge is -2.23. The van der Waals surface area contributed by atoms with Crippen molar-refractivity contribution in [2.75, 3.05) is 5.01 Å². The third-order valence-electron chi connectivity index (χ3n) is 3.99. The minimum atomic E-state index is -0.231. The maximum absolute atomic E-state index is 13.2. The zero-order valence-corrected chi connectivity index (χ0v) is 12.4. The van der Waals surface area contributed by atoms with Gasteiger partial charge in [0.25, 0.3) is 0 Å². The molecule has 0 unspecified atom stereocenters.